The van der Waals surface area contributed by atoms with E-state index >= 15 is 0 Å². The van der Waals surface area contributed by atoms with Crippen LogP contribution in [0.2, 0.25) is 0 Å². The third-order valence-corrected chi connectivity index (χ3v) is 5.36. The van der Waals surface area contributed by atoms with E-state index in [9.17, 15) is 13.2 Å². The predicted molar refractivity (Wildman–Crippen MR) is 93.3 cm³/mol. The van der Waals surface area contributed by atoms with Crippen molar-refractivity contribution in [3.05, 3.63) is 18.2 Å². The Kier molecular flexibility index (Phi) is 7.47. The number of sulfonamides is 1. The molecule has 1 aromatic rings. The lowest BCUT2D eigenvalue weighted by molar-refractivity contribution is -0.115. The molecule has 8 heteroatoms. The Morgan fingerprint density at radius 3 is 2.30 bits per heavy atom. The fraction of sp³-hybridized carbons (Fsp3) is 0.533. The van der Waals surface area contributed by atoms with E-state index in [-0.39, 0.29) is 17.3 Å². The molecule has 0 aliphatic carbocycles. The van der Waals surface area contributed by atoms with Crippen LogP contribution in [0.4, 0.5) is 11.4 Å². The first-order chi connectivity index (χ1) is 10.9. The fourth-order valence-corrected chi connectivity index (χ4v) is 3.68. The number of carbonyl (C=O) groups excluding carboxylic acids is 1. The number of nitrogens with zero attached hydrogens (tertiary/aromatic N) is 1. The van der Waals surface area contributed by atoms with Crippen LogP contribution in [0, 0.1) is 0 Å². The average molecular weight is 342 g/mol. The highest BCUT2D eigenvalue weighted by Crippen LogP contribution is 2.27. The van der Waals surface area contributed by atoms with Crippen molar-refractivity contribution in [3.63, 3.8) is 0 Å². The number of rotatable bonds is 9. The number of hydrogen-bond donors (Lipinski definition) is 3. The number of carbonyl (C=O) groups is 1. The molecule has 0 saturated carbocycles. The Labute approximate surface area is 138 Å². The second-order valence-electron chi connectivity index (χ2n) is 4.91. The summed E-state index contributed by atoms with van der Waals surface area (Å²) in [6, 6.07) is 4.73. The van der Waals surface area contributed by atoms with Gasteiger partial charge in [0.2, 0.25) is 15.9 Å². The number of hydrogen-bond acceptors (Lipinski definition) is 5. The van der Waals surface area contributed by atoms with Crippen molar-refractivity contribution in [1.29, 1.82) is 0 Å². The SMILES string of the molecule is CCNc1ccc(S(=O)(=O)N(CC)CC)cc1NC(=O)CNC. The standard InChI is InChI=1S/C15H26N4O3S/c1-5-17-13-9-8-12(23(21,22)19(6-2)7-3)10-14(13)18-15(20)11-16-4/h8-10,16-17H,5-7,11H2,1-4H3,(H,18,20). The monoisotopic (exact) mass is 342 g/mol. The van der Waals surface area contributed by atoms with Gasteiger partial charge in [-0.2, -0.15) is 4.31 Å². The van der Waals surface area contributed by atoms with Crippen molar-refractivity contribution < 1.29 is 13.2 Å². The van der Waals surface area contributed by atoms with Gasteiger partial charge in [0.1, 0.15) is 0 Å². The second kappa shape index (κ2) is 8.85. The molecule has 0 heterocycles. The maximum atomic E-state index is 12.6. The zero-order valence-electron chi connectivity index (χ0n) is 14.1. The number of likely N-dealkylation sites (N-methyl/N-ethyl adjacent to an activating group) is 1. The Balaban J connectivity index is 3.24. The molecule has 0 unspecified atom stereocenters. The van der Waals surface area contributed by atoms with Gasteiger partial charge in [-0.3, -0.25) is 4.79 Å². The van der Waals surface area contributed by atoms with E-state index in [0.29, 0.717) is 31.0 Å². The van der Waals surface area contributed by atoms with E-state index in [4.69, 9.17) is 0 Å². The summed E-state index contributed by atoms with van der Waals surface area (Å²) in [6.45, 7) is 7.13. The summed E-state index contributed by atoms with van der Waals surface area (Å²) in [4.78, 5) is 12.0. The Bertz CT molecular complexity index is 628. The lowest BCUT2D eigenvalue weighted by Crippen LogP contribution is -2.31. The summed E-state index contributed by atoms with van der Waals surface area (Å²) in [7, 11) is -1.89. The first-order valence-electron chi connectivity index (χ1n) is 7.73. The molecule has 7 nitrogen and oxygen atoms in total. The first-order valence-corrected chi connectivity index (χ1v) is 9.17. The largest absolute Gasteiger partial charge is 0.384 e. The molecule has 0 aliphatic rings. The normalized spacial score (nSPS) is 11.5. The smallest absolute Gasteiger partial charge is 0.243 e. The van der Waals surface area contributed by atoms with Gasteiger partial charge in [0.05, 0.1) is 22.8 Å². The van der Waals surface area contributed by atoms with Crippen molar-refractivity contribution in [2.45, 2.75) is 25.7 Å². The van der Waals surface area contributed by atoms with Crippen LogP contribution < -0.4 is 16.0 Å². The summed E-state index contributed by atoms with van der Waals surface area (Å²) >= 11 is 0. The number of benzene rings is 1. The van der Waals surface area contributed by atoms with Crippen LogP contribution in [0.15, 0.2) is 23.1 Å². The predicted octanol–water partition coefficient (Wildman–Crippen LogP) is 1.31. The molecule has 1 rings (SSSR count). The molecule has 0 atom stereocenters. The third-order valence-electron chi connectivity index (χ3n) is 3.31. The summed E-state index contributed by atoms with van der Waals surface area (Å²) in [5, 5.41) is 8.61. The molecule has 0 spiro atoms. The lowest BCUT2D eigenvalue weighted by Gasteiger charge is -2.20. The molecule has 1 aromatic carbocycles. The van der Waals surface area contributed by atoms with Gasteiger partial charge >= 0.3 is 0 Å². The second-order valence-corrected chi connectivity index (χ2v) is 6.84. The van der Waals surface area contributed by atoms with Crippen LogP contribution >= 0.6 is 0 Å². The molecular weight excluding hydrogens is 316 g/mol. The van der Waals surface area contributed by atoms with Crippen LogP contribution in [0.5, 0.6) is 0 Å². The topological polar surface area (TPSA) is 90.5 Å². The number of amides is 1. The summed E-state index contributed by atoms with van der Waals surface area (Å²) < 4.78 is 26.6. The minimum Gasteiger partial charge on any atom is -0.384 e. The van der Waals surface area contributed by atoms with Gasteiger partial charge in [-0.15, -0.1) is 0 Å². The van der Waals surface area contributed by atoms with Crippen LogP contribution in [-0.2, 0) is 14.8 Å². The van der Waals surface area contributed by atoms with Crippen molar-refractivity contribution in [2.24, 2.45) is 0 Å². The van der Waals surface area contributed by atoms with Gasteiger partial charge < -0.3 is 16.0 Å². The van der Waals surface area contributed by atoms with Gasteiger partial charge in [-0.25, -0.2) is 8.42 Å². The average Bonchev–Trinajstić information content (AvgIpc) is 2.50. The fourth-order valence-electron chi connectivity index (χ4n) is 2.20. The summed E-state index contributed by atoms with van der Waals surface area (Å²) in [5.74, 6) is -0.232. The van der Waals surface area contributed by atoms with Crippen molar-refractivity contribution in [3.8, 4) is 0 Å². The number of nitrogens with one attached hydrogen (secondary N) is 3. The lowest BCUT2D eigenvalue weighted by atomic mass is 10.2. The van der Waals surface area contributed by atoms with E-state index in [1.165, 1.54) is 10.4 Å². The Morgan fingerprint density at radius 1 is 1.13 bits per heavy atom. The van der Waals surface area contributed by atoms with Gasteiger partial charge in [0, 0.05) is 19.6 Å². The van der Waals surface area contributed by atoms with Crippen molar-refractivity contribution >= 4 is 27.3 Å². The Hall–Kier alpha value is -1.64. The molecule has 0 aromatic heterocycles. The molecule has 130 valence electrons. The van der Waals surface area contributed by atoms with Gasteiger partial charge in [0.25, 0.3) is 0 Å². The maximum absolute atomic E-state index is 12.6. The minimum atomic E-state index is -3.56. The third kappa shape index (κ3) is 4.92. The van der Waals surface area contributed by atoms with Crippen LogP contribution in [0.25, 0.3) is 0 Å². The van der Waals surface area contributed by atoms with Crippen LogP contribution in [0.1, 0.15) is 20.8 Å². The Morgan fingerprint density at radius 2 is 1.78 bits per heavy atom. The zero-order valence-corrected chi connectivity index (χ0v) is 15.0. The molecule has 0 fully saturated rings. The molecule has 0 radical (unpaired) electrons. The van der Waals surface area contributed by atoms with Crippen molar-refractivity contribution in [1.82, 2.24) is 9.62 Å². The maximum Gasteiger partial charge on any atom is 0.243 e. The van der Waals surface area contributed by atoms with E-state index < -0.39 is 10.0 Å². The number of anilines is 2. The highest BCUT2D eigenvalue weighted by Gasteiger charge is 2.22. The first kappa shape index (κ1) is 19.4. The highest BCUT2D eigenvalue weighted by molar-refractivity contribution is 7.89. The molecule has 0 bridgehead atoms. The molecule has 3 N–H and O–H groups in total. The van der Waals surface area contributed by atoms with E-state index in [0.717, 1.165) is 0 Å². The van der Waals surface area contributed by atoms with Crippen molar-refractivity contribution in [2.75, 3.05) is 43.9 Å². The van der Waals surface area contributed by atoms with Gasteiger partial charge in [-0.1, -0.05) is 13.8 Å². The molecular formula is C15H26N4O3S. The molecule has 23 heavy (non-hydrogen) atoms. The van der Waals surface area contributed by atoms with Crippen LogP contribution in [0.3, 0.4) is 0 Å². The van der Waals surface area contributed by atoms with Crippen LogP contribution in [-0.4, -0.2) is 51.9 Å². The van der Waals surface area contributed by atoms with E-state index in [2.05, 4.69) is 16.0 Å². The molecule has 0 aliphatic heterocycles. The molecule has 0 saturated heterocycles. The van der Waals surface area contributed by atoms with Gasteiger partial charge in [-0.05, 0) is 32.2 Å². The molecule has 1 amide bonds. The summed E-state index contributed by atoms with van der Waals surface area (Å²) in [6.07, 6.45) is 0. The zero-order chi connectivity index (χ0) is 17.5. The summed E-state index contributed by atoms with van der Waals surface area (Å²) in [5.41, 5.74) is 1.15. The minimum absolute atomic E-state index is 0.151. The van der Waals surface area contributed by atoms with E-state index in [1.807, 2.05) is 6.92 Å². The van der Waals surface area contributed by atoms with E-state index in [1.54, 1.807) is 33.0 Å². The highest BCUT2D eigenvalue weighted by atomic mass is 32.2. The quantitative estimate of drug-likeness (QED) is 0.629. The van der Waals surface area contributed by atoms with Gasteiger partial charge in [0.15, 0.2) is 0 Å².